The van der Waals surface area contributed by atoms with Gasteiger partial charge in [-0.1, -0.05) is 23.7 Å². The summed E-state index contributed by atoms with van der Waals surface area (Å²) in [5.41, 5.74) is 3.16. The molecule has 0 bridgehead atoms. The molecule has 0 unspecified atom stereocenters. The van der Waals surface area contributed by atoms with Gasteiger partial charge in [-0.25, -0.2) is 14.6 Å². The van der Waals surface area contributed by atoms with Crippen LogP contribution in [0, 0.1) is 0 Å². The molecule has 10 heteroatoms. The van der Waals surface area contributed by atoms with Crippen molar-refractivity contribution in [2.45, 2.75) is 6.54 Å². The second-order valence-corrected chi connectivity index (χ2v) is 8.08. The van der Waals surface area contributed by atoms with E-state index >= 15 is 0 Å². The summed E-state index contributed by atoms with van der Waals surface area (Å²) < 4.78 is 2.20. The van der Waals surface area contributed by atoms with Gasteiger partial charge in [0.25, 0.3) is 5.91 Å². The smallest absolute Gasteiger partial charge is 0.253 e. The Morgan fingerprint density at radius 1 is 1.09 bits per heavy atom. The van der Waals surface area contributed by atoms with Crippen molar-refractivity contribution in [3.05, 3.63) is 87.9 Å². The van der Waals surface area contributed by atoms with Crippen LogP contribution in [-0.2, 0) is 6.54 Å². The number of hydrogen-bond acceptors (Lipinski definition) is 5. The zero-order valence-corrected chi connectivity index (χ0v) is 18.8. The molecule has 0 saturated carbocycles. The Labute approximate surface area is 195 Å². The van der Waals surface area contributed by atoms with Crippen molar-refractivity contribution in [2.75, 3.05) is 0 Å². The third-order valence-electron chi connectivity index (χ3n) is 4.78. The molecule has 0 atom stereocenters. The van der Waals surface area contributed by atoms with Crippen LogP contribution in [0.1, 0.15) is 16.1 Å². The number of aromatic amines is 1. The molecule has 0 radical (unpaired) electrons. The highest BCUT2D eigenvalue weighted by atomic mass is 79.9. The third-order valence-corrected chi connectivity index (χ3v) is 5.46. The van der Waals surface area contributed by atoms with Gasteiger partial charge in [0, 0.05) is 18.5 Å². The number of aromatic nitrogens is 6. The largest absolute Gasteiger partial charge is 0.346 e. The number of pyridine rings is 2. The van der Waals surface area contributed by atoms with E-state index in [1.54, 1.807) is 35.3 Å². The fourth-order valence-electron chi connectivity index (χ4n) is 3.32. The maximum absolute atomic E-state index is 12.9. The normalized spacial score (nSPS) is 11.1. The predicted octanol–water partition coefficient (Wildman–Crippen LogP) is 4.55. The number of H-pyrrole nitrogens is 1. The minimum atomic E-state index is -0.234. The quantitative estimate of drug-likeness (QED) is 0.363. The summed E-state index contributed by atoms with van der Waals surface area (Å²) in [5.74, 6) is 0.773. The molecule has 4 heterocycles. The highest BCUT2D eigenvalue weighted by Crippen LogP contribution is 2.29. The first kappa shape index (κ1) is 20.3. The molecule has 0 aliphatic carbocycles. The van der Waals surface area contributed by atoms with Gasteiger partial charge in [-0.2, -0.15) is 5.10 Å². The first-order chi connectivity index (χ1) is 15.6. The first-order valence-electron chi connectivity index (χ1n) is 9.64. The Bertz CT molecular complexity index is 1430. The van der Waals surface area contributed by atoms with Crippen molar-refractivity contribution >= 4 is 44.5 Å². The third kappa shape index (κ3) is 3.88. The summed E-state index contributed by atoms with van der Waals surface area (Å²) in [5, 5.41) is 7.80. The molecule has 0 fully saturated rings. The van der Waals surface area contributed by atoms with E-state index in [0.29, 0.717) is 44.6 Å². The highest BCUT2D eigenvalue weighted by molar-refractivity contribution is 9.10. The lowest BCUT2D eigenvalue weighted by Crippen LogP contribution is -2.23. The van der Waals surface area contributed by atoms with Gasteiger partial charge in [-0.05, 0) is 52.3 Å². The Morgan fingerprint density at radius 2 is 1.97 bits per heavy atom. The van der Waals surface area contributed by atoms with Gasteiger partial charge in [0.05, 0.1) is 28.3 Å². The number of nitrogens with zero attached hydrogens (tertiary/aromatic N) is 5. The van der Waals surface area contributed by atoms with Crippen LogP contribution in [0.5, 0.6) is 0 Å². The van der Waals surface area contributed by atoms with Gasteiger partial charge in [-0.3, -0.25) is 9.78 Å². The van der Waals surface area contributed by atoms with Crippen molar-refractivity contribution in [1.29, 1.82) is 0 Å². The number of imidazole rings is 1. The van der Waals surface area contributed by atoms with E-state index in [4.69, 9.17) is 16.6 Å². The van der Waals surface area contributed by atoms with E-state index in [9.17, 15) is 4.79 Å². The Balaban J connectivity index is 1.52. The molecule has 0 aliphatic heterocycles. The molecule has 32 heavy (non-hydrogen) atoms. The van der Waals surface area contributed by atoms with E-state index in [2.05, 4.69) is 41.3 Å². The standard InChI is InChI=1S/C22H15BrClN7O/c23-18-11-17(31(30-18)21-15(24)7-4-10-26-21)20-28-16-8-3-6-14(19(16)29-20)22(32)27-12-13-5-1-2-9-25-13/h1-11H,12H2,(H,27,32)(H,28,29). The summed E-state index contributed by atoms with van der Waals surface area (Å²) in [6.07, 6.45) is 3.33. The molecule has 5 aromatic rings. The molecule has 8 nitrogen and oxygen atoms in total. The molecule has 2 N–H and O–H groups in total. The molecule has 0 aliphatic rings. The number of amides is 1. The van der Waals surface area contributed by atoms with E-state index in [1.807, 2.05) is 36.4 Å². The lowest BCUT2D eigenvalue weighted by atomic mass is 10.1. The van der Waals surface area contributed by atoms with E-state index in [0.717, 1.165) is 11.2 Å². The fraction of sp³-hybridized carbons (Fsp3) is 0.0455. The van der Waals surface area contributed by atoms with E-state index in [1.165, 1.54) is 0 Å². The number of rotatable bonds is 5. The van der Waals surface area contributed by atoms with Gasteiger partial charge in [0.2, 0.25) is 0 Å². The minimum absolute atomic E-state index is 0.234. The monoisotopic (exact) mass is 507 g/mol. The molecule has 1 amide bonds. The van der Waals surface area contributed by atoms with Crippen molar-refractivity contribution in [3.63, 3.8) is 0 Å². The zero-order valence-electron chi connectivity index (χ0n) is 16.5. The van der Waals surface area contributed by atoms with E-state index in [-0.39, 0.29) is 5.91 Å². The van der Waals surface area contributed by atoms with Gasteiger partial charge < -0.3 is 10.3 Å². The second kappa shape index (κ2) is 8.52. The Kier molecular flexibility index (Phi) is 5.42. The maximum atomic E-state index is 12.9. The Morgan fingerprint density at radius 3 is 2.78 bits per heavy atom. The number of halogens is 2. The second-order valence-electron chi connectivity index (χ2n) is 6.86. The maximum Gasteiger partial charge on any atom is 0.253 e. The molecular formula is C22H15BrClN7O. The number of para-hydroxylation sites is 1. The minimum Gasteiger partial charge on any atom is -0.346 e. The Hall–Kier alpha value is -3.56. The van der Waals surface area contributed by atoms with Crippen molar-refractivity contribution in [3.8, 4) is 17.3 Å². The lowest BCUT2D eigenvalue weighted by molar-refractivity contribution is 0.0952. The molecule has 158 valence electrons. The first-order valence-corrected chi connectivity index (χ1v) is 10.8. The number of carbonyl (C=O) groups excluding carboxylic acids is 1. The average Bonchev–Trinajstić information content (AvgIpc) is 3.41. The fourth-order valence-corrected chi connectivity index (χ4v) is 3.90. The lowest BCUT2D eigenvalue weighted by Gasteiger charge is -2.06. The topological polar surface area (TPSA) is 101 Å². The molecule has 0 saturated heterocycles. The predicted molar refractivity (Wildman–Crippen MR) is 125 cm³/mol. The summed E-state index contributed by atoms with van der Waals surface area (Å²) in [6.45, 7) is 0.325. The van der Waals surface area contributed by atoms with Crippen LogP contribution in [0.2, 0.25) is 5.02 Å². The number of hydrogen-bond donors (Lipinski definition) is 2. The van der Waals surface area contributed by atoms with Crippen molar-refractivity contribution in [2.24, 2.45) is 0 Å². The molecule has 4 aromatic heterocycles. The zero-order chi connectivity index (χ0) is 22.1. The SMILES string of the molecule is O=C(NCc1ccccn1)c1cccc2[nH]c(-c3cc(Br)nn3-c3ncccc3Cl)nc12. The van der Waals surface area contributed by atoms with E-state index < -0.39 is 0 Å². The van der Waals surface area contributed by atoms with Gasteiger partial charge in [0.15, 0.2) is 11.6 Å². The molecule has 0 spiro atoms. The number of fused-ring (bicyclic) bond motifs is 1. The molecular weight excluding hydrogens is 494 g/mol. The van der Waals surface area contributed by atoms with Crippen LogP contribution in [0.25, 0.3) is 28.4 Å². The van der Waals surface area contributed by atoms with Crippen LogP contribution < -0.4 is 5.32 Å². The summed E-state index contributed by atoms with van der Waals surface area (Å²) in [4.78, 5) is 29.4. The van der Waals surface area contributed by atoms with Crippen molar-refractivity contribution < 1.29 is 4.79 Å². The van der Waals surface area contributed by atoms with Crippen molar-refractivity contribution in [1.82, 2.24) is 35.0 Å². The summed E-state index contributed by atoms with van der Waals surface area (Å²) in [7, 11) is 0. The average molecular weight is 509 g/mol. The van der Waals surface area contributed by atoms with Crippen LogP contribution in [-0.4, -0.2) is 35.6 Å². The number of carbonyl (C=O) groups is 1. The molecule has 1 aromatic carbocycles. The van der Waals surface area contributed by atoms with Crippen LogP contribution in [0.4, 0.5) is 0 Å². The summed E-state index contributed by atoms with van der Waals surface area (Å²) in [6, 6.07) is 16.3. The number of nitrogens with one attached hydrogen (secondary N) is 2. The summed E-state index contributed by atoms with van der Waals surface area (Å²) >= 11 is 9.74. The van der Waals surface area contributed by atoms with Gasteiger partial charge in [0.1, 0.15) is 15.8 Å². The van der Waals surface area contributed by atoms with Crippen LogP contribution >= 0.6 is 27.5 Å². The van der Waals surface area contributed by atoms with Gasteiger partial charge >= 0.3 is 0 Å². The molecule has 5 rings (SSSR count). The van der Waals surface area contributed by atoms with Crippen LogP contribution in [0.3, 0.4) is 0 Å². The number of benzene rings is 1. The van der Waals surface area contributed by atoms with Gasteiger partial charge in [-0.15, -0.1) is 0 Å². The van der Waals surface area contributed by atoms with Crippen LogP contribution in [0.15, 0.2) is 71.6 Å². The highest BCUT2D eigenvalue weighted by Gasteiger charge is 2.19.